The summed E-state index contributed by atoms with van der Waals surface area (Å²) >= 11 is 0. The van der Waals surface area contributed by atoms with Crippen molar-refractivity contribution in [2.45, 2.75) is 18.9 Å². The highest BCUT2D eigenvalue weighted by Gasteiger charge is 2.23. The summed E-state index contributed by atoms with van der Waals surface area (Å²) in [5, 5.41) is 2.20. The summed E-state index contributed by atoms with van der Waals surface area (Å²) in [6.45, 7) is 2.11. The summed E-state index contributed by atoms with van der Waals surface area (Å²) in [7, 11) is 0. The van der Waals surface area contributed by atoms with Crippen molar-refractivity contribution >= 4 is 16.6 Å². The van der Waals surface area contributed by atoms with Crippen LogP contribution in [-0.4, -0.2) is 18.5 Å². The van der Waals surface area contributed by atoms with Crippen LogP contribution in [0.2, 0.25) is 0 Å². The van der Waals surface area contributed by atoms with Crippen molar-refractivity contribution in [1.82, 2.24) is 0 Å². The topological polar surface area (TPSA) is 26.3 Å². The molecule has 4 rings (SSSR count). The van der Waals surface area contributed by atoms with Crippen molar-refractivity contribution < 1.29 is 9.53 Å². The lowest BCUT2D eigenvalue weighted by molar-refractivity contribution is 0.0463. The van der Waals surface area contributed by atoms with Crippen molar-refractivity contribution in [3.8, 4) is 0 Å². The van der Waals surface area contributed by atoms with Crippen LogP contribution >= 0.6 is 0 Å². The van der Waals surface area contributed by atoms with E-state index in [2.05, 4.69) is 24.3 Å². The van der Waals surface area contributed by atoms with Crippen LogP contribution < -0.4 is 0 Å². The number of rotatable bonds is 7. The first-order valence-corrected chi connectivity index (χ1v) is 9.96. The smallest absolute Gasteiger partial charge is 0.188 e. The van der Waals surface area contributed by atoms with Crippen molar-refractivity contribution in [2.75, 3.05) is 6.61 Å². The second-order valence-electron chi connectivity index (χ2n) is 7.30. The molecule has 0 N–H and O–H groups in total. The van der Waals surface area contributed by atoms with E-state index in [9.17, 15) is 4.79 Å². The van der Waals surface area contributed by atoms with Crippen LogP contribution in [0.15, 0.2) is 103 Å². The highest BCUT2D eigenvalue weighted by molar-refractivity contribution is 6.00. The summed E-state index contributed by atoms with van der Waals surface area (Å²) in [6.07, 6.45) is -0.135. The van der Waals surface area contributed by atoms with Crippen LogP contribution in [0, 0.1) is 0 Å². The fourth-order valence-electron chi connectivity index (χ4n) is 3.80. The molecule has 0 saturated carbocycles. The van der Waals surface area contributed by atoms with Crippen LogP contribution in [-0.2, 0) is 4.74 Å². The number of benzene rings is 4. The molecule has 0 spiro atoms. The Labute approximate surface area is 171 Å². The minimum Gasteiger partial charge on any atom is -0.369 e. The third-order valence-corrected chi connectivity index (χ3v) is 5.34. The van der Waals surface area contributed by atoms with Gasteiger partial charge in [0, 0.05) is 11.5 Å². The molecule has 1 unspecified atom stereocenters. The van der Waals surface area contributed by atoms with Crippen molar-refractivity contribution in [3.05, 3.63) is 120 Å². The van der Waals surface area contributed by atoms with Gasteiger partial charge >= 0.3 is 0 Å². The molecule has 0 fully saturated rings. The molecule has 0 aliphatic carbocycles. The minimum atomic E-state index is -0.135. The normalized spacial score (nSPS) is 12.2. The van der Waals surface area contributed by atoms with Gasteiger partial charge in [-0.15, -0.1) is 0 Å². The molecular weight excluding hydrogens is 356 g/mol. The van der Waals surface area contributed by atoms with E-state index in [4.69, 9.17) is 4.74 Å². The molecule has 0 radical (unpaired) electrons. The van der Waals surface area contributed by atoms with Crippen LogP contribution in [0.5, 0.6) is 0 Å². The maximum atomic E-state index is 12.8. The maximum absolute atomic E-state index is 12.8. The van der Waals surface area contributed by atoms with Gasteiger partial charge in [0.25, 0.3) is 0 Å². The van der Waals surface area contributed by atoms with E-state index in [0.29, 0.717) is 5.56 Å². The Balaban J connectivity index is 1.51. The Hall–Kier alpha value is -3.23. The molecular formula is C27H24O2. The fourth-order valence-corrected chi connectivity index (χ4v) is 3.80. The Morgan fingerprint density at radius 1 is 0.724 bits per heavy atom. The molecule has 1 atom stereocenters. The van der Waals surface area contributed by atoms with Gasteiger partial charge in [-0.05, 0) is 34.9 Å². The monoisotopic (exact) mass is 380 g/mol. The van der Waals surface area contributed by atoms with Crippen molar-refractivity contribution in [2.24, 2.45) is 0 Å². The maximum Gasteiger partial charge on any atom is 0.188 e. The van der Waals surface area contributed by atoms with E-state index in [0.717, 1.165) is 10.8 Å². The lowest BCUT2D eigenvalue weighted by atomic mass is 9.87. The number of carbonyl (C=O) groups is 1. The number of Topliss-reactive ketones (excluding diaryl/α,β-unsaturated/α-hetero) is 1. The highest BCUT2D eigenvalue weighted by atomic mass is 16.5. The summed E-state index contributed by atoms with van der Waals surface area (Å²) < 4.78 is 6.09. The van der Waals surface area contributed by atoms with Gasteiger partial charge in [-0.25, -0.2) is 0 Å². The number of hydrogen-bond donors (Lipinski definition) is 0. The predicted molar refractivity (Wildman–Crippen MR) is 118 cm³/mol. The first-order chi connectivity index (χ1) is 14.2. The lowest BCUT2D eigenvalue weighted by Gasteiger charge is -2.25. The van der Waals surface area contributed by atoms with Crippen molar-refractivity contribution in [1.29, 1.82) is 0 Å². The SMILES string of the molecule is CC(OCC(=O)c1ccc2ccccc2c1)C(c1ccccc1)c1ccccc1. The summed E-state index contributed by atoms with van der Waals surface area (Å²) in [5.41, 5.74) is 3.06. The number of ether oxygens (including phenoxy) is 1. The van der Waals surface area contributed by atoms with Gasteiger partial charge in [0.15, 0.2) is 5.78 Å². The van der Waals surface area contributed by atoms with Gasteiger partial charge in [-0.3, -0.25) is 4.79 Å². The second kappa shape index (κ2) is 8.85. The molecule has 144 valence electrons. The van der Waals surface area contributed by atoms with Gasteiger partial charge in [-0.2, -0.15) is 0 Å². The number of hydrogen-bond acceptors (Lipinski definition) is 2. The Morgan fingerprint density at radius 3 is 1.90 bits per heavy atom. The lowest BCUT2D eigenvalue weighted by Crippen LogP contribution is -2.23. The van der Waals surface area contributed by atoms with E-state index in [1.807, 2.05) is 85.8 Å². The molecule has 0 aliphatic heterocycles. The van der Waals surface area contributed by atoms with Gasteiger partial charge in [-0.1, -0.05) is 97.1 Å². The molecule has 0 aliphatic rings. The highest BCUT2D eigenvalue weighted by Crippen LogP contribution is 2.29. The number of ketones is 1. The fraction of sp³-hybridized carbons (Fsp3) is 0.148. The molecule has 29 heavy (non-hydrogen) atoms. The van der Waals surface area contributed by atoms with Gasteiger partial charge in [0.1, 0.15) is 6.61 Å². The average Bonchev–Trinajstić information content (AvgIpc) is 2.79. The molecule has 0 aromatic heterocycles. The first kappa shape index (κ1) is 19.1. The Kier molecular flexibility index (Phi) is 5.83. The zero-order valence-electron chi connectivity index (χ0n) is 16.5. The van der Waals surface area contributed by atoms with Crippen molar-refractivity contribution in [3.63, 3.8) is 0 Å². The molecule has 4 aromatic rings. The zero-order valence-corrected chi connectivity index (χ0v) is 16.5. The summed E-state index contributed by atoms with van der Waals surface area (Å²) in [5.74, 6) is 0.0734. The van der Waals surface area contributed by atoms with Crippen LogP contribution in [0.3, 0.4) is 0 Å². The molecule has 0 bridgehead atoms. The molecule has 4 aromatic carbocycles. The van der Waals surface area contributed by atoms with Crippen LogP contribution in [0.25, 0.3) is 10.8 Å². The van der Waals surface area contributed by atoms with E-state index in [-0.39, 0.29) is 24.4 Å². The third kappa shape index (κ3) is 4.44. The molecule has 2 heteroatoms. The van der Waals surface area contributed by atoms with Crippen LogP contribution in [0.4, 0.5) is 0 Å². The molecule has 2 nitrogen and oxygen atoms in total. The Morgan fingerprint density at radius 2 is 1.28 bits per heavy atom. The zero-order chi connectivity index (χ0) is 20.1. The average molecular weight is 380 g/mol. The van der Waals surface area contributed by atoms with Gasteiger partial charge in [0.2, 0.25) is 0 Å². The quantitative estimate of drug-likeness (QED) is 0.354. The largest absolute Gasteiger partial charge is 0.369 e. The standard InChI is InChI=1S/C27H24O2/c1-20(27(22-11-4-2-5-12-22)23-13-6-3-7-14-23)29-19-26(28)25-17-16-21-10-8-9-15-24(21)18-25/h2-18,20,27H,19H2,1H3. The third-order valence-electron chi connectivity index (χ3n) is 5.34. The second-order valence-corrected chi connectivity index (χ2v) is 7.30. The van der Waals surface area contributed by atoms with E-state index in [1.165, 1.54) is 11.1 Å². The molecule has 0 saturated heterocycles. The number of fused-ring (bicyclic) bond motifs is 1. The number of carbonyl (C=O) groups excluding carboxylic acids is 1. The minimum absolute atomic E-state index is 0.00229. The van der Waals surface area contributed by atoms with E-state index < -0.39 is 0 Å². The molecule has 0 heterocycles. The van der Waals surface area contributed by atoms with E-state index >= 15 is 0 Å². The summed E-state index contributed by atoms with van der Waals surface area (Å²) in [4.78, 5) is 12.8. The first-order valence-electron chi connectivity index (χ1n) is 9.96. The molecule has 0 amide bonds. The van der Waals surface area contributed by atoms with Gasteiger partial charge in [0.05, 0.1) is 6.10 Å². The predicted octanol–water partition coefficient (Wildman–Crippen LogP) is 6.26. The summed E-state index contributed by atoms with van der Waals surface area (Å²) in [6, 6.07) is 34.5. The van der Waals surface area contributed by atoms with E-state index in [1.54, 1.807) is 0 Å². The Bertz CT molecular complexity index is 1050. The van der Waals surface area contributed by atoms with Crippen LogP contribution in [0.1, 0.15) is 34.3 Å². The van der Waals surface area contributed by atoms with Gasteiger partial charge < -0.3 is 4.74 Å².